The molecule has 0 fully saturated rings. The zero-order valence-electron chi connectivity index (χ0n) is 43.3. The van der Waals surface area contributed by atoms with E-state index in [0.717, 1.165) is 28.4 Å². The molecular formula is C72H45B2N5S. The first kappa shape index (κ1) is 44.1. The largest absolute Gasteiger partial charge is 0.311 e. The molecule has 0 radical (unpaired) electrons. The smallest absolute Gasteiger partial charge is 0.252 e. The van der Waals surface area contributed by atoms with E-state index < -0.39 is 0 Å². The van der Waals surface area contributed by atoms with Crippen molar-refractivity contribution in [3.8, 4) is 11.4 Å². The topological polar surface area (TPSA) is 19.6 Å². The first-order chi connectivity index (χ1) is 39.8. The Morgan fingerprint density at radius 2 is 0.688 bits per heavy atom. The average molecular weight is 1030 g/mol. The van der Waals surface area contributed by atoms with Gasteiger partial charge in [0.1, 0.15) is 0 Å². The minimum Gasteiger partial charge on any atom is -0.311 e. The van der Waals surface area contributed by atoms with Crippen molar-refractivity contribution < 1.29 is 0 Å². The molecule has 5 nitrogen and oxygen atoms in total. The van der Waals surface area contributed by atoms with Crippen LogP contribution >= 0.6 is 11.8 Å². The Balaban J connectivity index is 0.991. The molecular weight excluding hydrogens is 989 g/mol. The van der Waals surface area contributed by atoms with Crippen molar-refractivity contribution in [2.45, 2.75) is 9.79 Å². The molecule has 0 saturated heterocycles. The van der Waals surface area contributed by atoms with Crippen LogP contribution < -0.4 is 47.5 Å². The number of fused-ring (bicyclic) bond motifs is 16. The average Bonchev–Trinajstić information content (AvgIpc) is 3.43. The van der Waals surface area contributed by atoms with E-state index in [-0.39, 0.29) is 13.4 Å². The van der Waals surface area contributed by atoms with Gasteiger partial charge in [0.25, 0.3) is 6.71 Å². The van der Waals surface area contributed by atoms with Gasteiger partial charge < -0.3 is 23.8 Å². The summed E-state index contributed by atoms with van der Waals surface area (Å²) in [5.74, 6) is 0. The van der Waals surface area contributed by atoms with Crippen molar-refractivity contribution in [1.82, 2.24) is 9.13 Å². The molecule has 0 N–H and O–H groups in total. The lowest BCUT2D eigenvalue weighted by Gasteiger charge is -2.45. The molecule has 370 valence electrons. The zero-order chi connectivity index (χ0) is 52.2. The van der Waals surface area contributed by atoms with Crippen molar-refractivity contribution >= 4 is 153 Å². The van der Waals surface area contributed by atoms with Crippen LogP contribution in [0.5, 0.6) is 0 Å². The van der Waals surface area contributed by atoms with E-state index in [4.69, 9.17) is 0 Å². The normalized spacial score (nSPS) is 13.6. The standard InChI is InChI=1S/C72H45B2N5S/c1-6-24-46(25-7-1)75-57-38-20-16-34-51(57)67-62(75)43-64-69-71(67)79(50-32-14-5-15-33-50)61-45-66-56(42-55(61)73(69)53-36-18-22-40-59(53)77(64)48-28-10-3-11-29-48)74-54-37-19-23-41-60(54)78(49-30-12-4-13-31-49)65-44-63-68(72(80-66)70(65)74)52-35-17-21-39-58(52)76(63)47-26-8-2-9-27-47/h1-45H. The molecule has 0 unspecified atom stereocenters. The molecule has 0 spiro atoms. The molecule has 4 aliphatic rings. The van der Waals surface area contributed by atoms with Crippen LogP contribution in [0.25, 0.3) is 55.0 Å². The predicted octanol–water partition coefficient (Wildman–Crippen LogP) is 14.7. The highest BCUT2D eigenvalue weighted by atomic mass is 32.2. The minimum absolute atomic E-state index is 0.0574. The van der Waals surface area contributed by atoms with Gasteiger partial charge >= 0.3 is 0 Å². The van der Waals surface area contributed by atoms with Crippen molar-refractivity contribution in [2.75, 3.05) is 14.7 Å². The molecule has 0 saturated carbocycles. The first-order valence-corrected chi connectivity index (χ1v) is 28.5. The van der Waals surface area contributed by atoms with E-state index in [1.54, 1.807) is 0 Å². The SMILES string of the molecule is c1ccc(N2c3ccccc3B3c4cc5c(cc4Sc4c3c2cc2c4c3ccccc3n2-c2ccccc2)N(c2ccccc2)c2c3c(cc4c2c2ccccc2n4-c2ccccc2)N(c2ccccc2)c2ccccc2B53)cc1. The van der Waals surface area contributed by atoms with Crippen LogP contribution in [-0.2, 0) is 0 Å². The Hall–Kier alpha value is -9.88. The number of rotatable bonds is 5. The Kier molecular flexibility index (Phi) is 9.28. The fraction of sp³-hybridized carbons (Fsp3) is 0. The number of anilines is 9. The van der Waals surface area contributed by atoms with Crippen LogP contribution in [0.4, 0.5) is 51.2 Å². The number of hydrogen-bond acceptors (Lipinski definition) is 4. The van der Waals surface area contributed by atoms with Crippen molar-refractivity contribution in [3.05, 3.63) is 273 Å². The van der Waals surface area contributed by atoms with Crippen LogP contribution in [0, 0.1) is 0 Å². The van der Waals surface area contributed by atoms with E-state index in [1.165, 1.54) is 120 Å². The van der Waals surface area contributed by atoms with Gasteiger partial charge in [-0.25, -0.2) is 0 Å². The third-order valence-electron chi connectivity index (χ3n) is 17.5. The van der Waals surface area contributed by atoms with Crippen LogP contribution in [0.2, 0.25) is 0 Å². The maximum absolute atomic E-state index is 2.65. The molecule has 12 aromatic carbocycles. The summed E-state index contributed by atoms with van der Waals surface area (Å²) < 4.78 is 4.98. The molecule has 4 aliphatic heterocycles. The van der Waals surface area contributed by atoms with Crippen LogP contribution in [0.3, 0.4) is 0 Å². The zero-order valence-corrected chi connectivity index (χ0v) is 44.1. The summed E-state index contributed by atoms with van der Waals surface area (Å²) in [6, 6.07) is 102. The summed E-state index contributed by atoms with van der Waals surface area (Å²) in [6.45, 7) is -0.158. The van der Waals surface area contributed by atoms with Crippen LogP contribution in [0.15, 0.2) is 283 Å². The second-order valence-corrected chi connectivity index (χ2v) is 22.6. The van der Waals surface area contributed by atoms with Crippen molar-refractivity contribution in [1.29, 1.82) is 0 Å². The summed E-state index contributed by atoms with van der Waals surface area (Å²) in [7, 11) is 0. The highest BCUT2D eigenvalue weighted by molar-refractivity contribution is 8.00. The summed E-state index contributed by atoms with van der Waals surface area (Å²) in [6.07, 6.45) is 0. The Labute approximate surface area is 468 Å². The van der Waals surface area contributed by atoms with Gasteiger partial charge in [-0.15, -0.1) is 0 Å². The van der Waals surface area contributed by atoms with Crippen molar-refractivity contribution in [2.24, 2.45) is 0 Å². The van der Waals surface area contributed by atoms with E-state index in [2.05, 4.69) is 297 Å². The molecule has 0 bridgehead atoms. The first-order valence-electron chi connectivity index (χ1n) is 27.7. The molecule has 14 aromatic rings. The minimum atomic E-state index is -0.100. The summed E-state index contributed by atoms with van der Waals surface area (Å²) in [5, 5.41) is 5.02. The van der Waals surface area contributed by atoms with Gasteiger partial charge in [0.05, 0.1) is 27.8 Å². The lowest BCUT2D eigenvalue weighted by atomic mass is 9.31. The predicted molar refractivity (Wildman–Crippen MR) is 339 cm³/mol. The molecule has 80 heavy (non-hydrogen) atoms. The Bertz CT molecular complexity index is 4890. The molecule has 8 heteroatoms. The van der Waals surface area contributed by atoms with Gasteiger partial charge in [-0.1, -0.05) is 187 Å². The summed E-state index contributed by atoms with van der Waals surface area (Å²) >= 11 is 1.96. The fourth-order valence-electron chi connectivity index (χ4n) is 14.4. The molecule has 0 atom stereocenters. The maximum Gasteiger partial charge on any atom is 0.252 e. The van der Waals surface area contributed by atoms with Gasteiger partial charge in [0, 0.05) is 88.2 Å². The summed E-state index contributed by atoms with van der Waals surface area (Å²) in [5.41, 5.74) is 25.6. The second kappa shape index (κ2) is 16.8. The summed E-state index contributed by atoms with van der Waals surface area (Å²) in [4.78, 5) is 10.3. The van der Waals surface area contributed by atoms with Crippen molar-refractivity contribution in [3.63, 3.8) is 0 Å². The monoisotopic (exact) mass is 1030 g/mol. The fourth-order valence-corrected chi connectivity index (χ4v) is 15.7. The van der Waals surface area contributed by atoms with E-state index >= 15 is 0 Å². The highest BCUT2D eigenvalue weighted by Crippen LogP contribution is 2.53. The van der Waals surface area contributed by atoms with Gasteiger partial charge in [-0.2, -0.15) is 0 Å². The molecule has 2 aromatic heterocycles. The highest BCUT2D eigenvalue weighted by Gasteiger charge is 2.48. The molecule has 0 amide bonds. The molecule has 0 aliphatic carbocycles. The van der Waals surface area contributed by atoms with E-state index in [9.17, 15) is 0 Å². The number of nitrogens with zero attached hydrogens (tertiary/aromatic N) is 5. The lowest BCUT2D eigenvalue weighted by Crippen LogP contribution is -2.64. The molecule has 6 heterocycles. The number of aromatic nitrogens is 2. The third kappa shape index (κ3) is 6.00. The molecule has 18 rings (SSSR count). The number of benzene rings is 12. The number of hydrogen-bond donors (Lipinski definition) is 0. The number of para-hydroxylation sites is 9. The van der Waals surface area contributed by atoms with Gasteiger partial charge in [0.15, 0.2) is 0 Å². The van der Waals surface area contributed by atoms with E-state index in [0.29, 0.717) is 0 Å². The van der Waals surface area contributed by atoms with Crippen LogP contribution in [0.1, 0.15) is 0 Å². The Morgan fingerprint density at radius 1 is 0.275 bits per heavy atom. The lowest BCUT2D eigenvalue weighted by molar-refractivity contribution is 1.17. The Morgan fingerprint density at radius 3 is 1.23 bits per heavy atom. The van der Waals surface area contributed by atoms with Gasteiger partial charge in [-0.05, 0) is 130 Å². The van der Waals surface area contributed by atoms with E-state index in [1.807, 2.05) is 11.8 Å². The van der Waals surface area contributed by atoms with Gasteiger partial charge in [0.2, 0.25) is 6.71 Å². The van der Waals surface area contributed by atoms with Gasteiger partial charge in [-0.3, -0.25) is 0 Å². The van der Waals surface area contributed by atoms with Crippen LogP contribution in [-0.4, -0.2) is 22.6 Å². The second-order valence-electron chi connectivity index (χ2n) is 21.5. The quantitative estimate of drug-likeness (QED) is 0.160. The maximum atomic E-state index is 2.65. The third-order valence-corrected chi connectivity index (χ3v) is 18.7.